The fourth-order valence-electron chi connectivity index (χ4n) is 2.52. The minimum Gasteiger partial charge on any atom is -0.324 e. The molecule has 1 saturated heterocycles. The van der Waals surface area contributed by atoms with Gasteiger partial charge in [0, 0.05) is 5.69 Å². The molecule has 2 N–H and O–H groups in total. The lowest BCUT2D eigenvalue weighted by molar-refractivity contribution is -0.121. The van der Waals surface area contributed by atoms with E-state index in [1.807, 2.05) is 32.0 Å². The number of benzene rings is 1. The van der Waals surface area contributed by atoms with Crippen molar-refractivity contribution in [2.45, 2.75) is 32.2 Å². The maximum Gasteiger partial charge on any atom is 0.244 e. The Morgan fingerprint density at radius 2 is 2.33 bits per heavy atom. The topological polar surface area (TPSA) is 84.7 Å². The van der Waals surface area contributed by atoms with Gasteiger partial charge in [-0.25, -0.2) is 4.68 Å². The molecule has 7 nitrogen and oxygen atoms in total. The molecule has 1 aliphatic rings. The SMILES string of the molecule is Cc1ccc(-n2cnnn2)cc1NC(=O)C1(C)CCCN1. The van der Waals surface area contributed by atoms with Crippen LogP contribution in [0.1, 0.15) is 25.3 Å². The summed E-state index contributed by atoms with van der Waals surface area (Å²) in [7, 11) is 0. The Kier molecular flexibility index (Phi) is 3.42. The first-order chi connectivity index (χ1) is 10.1. The number of anilines is 1. The number of aromatic nitrogens is 4. The van der Waals surface area contributed by atoms with Gasteiger partial charge in [0.05, 0.1) is 11.2 Å². The molecule has 0 aliphatic carbocycles. The van der Waals surface area contributed by atoms with Gasteiger partial charge in [0.25, 0.3) is 0 Å². The third kappa shape index (κ3) is 2.64. The Hall–Kier alpha value is -2.28. The van der Waals surface area contributed by atoms with E-state index in [2.05, 4.69) is 26.2 Å². The lowest BCUT2D eigenvalue weighted by Gasteiger charge is -2.23. The van der Waals surface area contributed by atoms with Crippen molar-refractivity contribution >= 4 is 11.6 Å². The molecule has 1 aromatic carbocycles. The first-order valence-electron chi connectivity index (χ1n) is 6.99. The summed E-state index contributed by atoms with van der Waals surface area (Å²) < 4.78 is 1.56. The quantitative estimate of drug-likeness (QED) is 0.881. The average molecular weight is 286 g/mol. The van der Waals surface area contributed by atoms with Gasteiger partial charge in [-0.1, -0.05) is 6.07 Å². The van der Waals surface area contributed by atoms with E-state index in [9.17, 15) is 4.79 Å². The largest absolute Gasteiger partial charge is 0.324 e. The summed E-state index contributed by atoms with van der Waals surface area (Å²) in [5.41, 5.74) is 2.10. The second-order valence-corrected chi connectivity index (χ2v) is 5.57. The Morgan fingerprint density at radius 3 is 3.00 bits per heavy atom. The van der Waals surface area contributed by atoms with Crippen molar-refractivity contribution in [2.24, 2.45) is 0 Å². The van der Waals surface area contributed by atoms with Crippen LogP contribution in [0, 0.1) is 6.92 Å². The molecule has 0 radical (unpaired) electrons. The summed E-state index contributed by atoms with van der Waals surface area (Å²) in [4.78, 5) is 12.5. The van der Waals surface area contributed by atoms with Gasteiger partial charge < -0.3 is 10.6 Å². The van der Waals surface area contributed by atoms with Crippen LogP contribution in [0.3, 0.4) is 0 Å². The number of nitrogens with zero attached hydrogens (tertiary/aromatic N) is 4. The van der Waals surface area contributed by atoms with Gasteiger partial charge in [0.1, 0.15) is 6.33 Å². The predicted octanol–water partition coefficient (Wildman–Crippen LogP) is 1.05. The monoisotopic (exact) mass is 286 g/mol. The summed E-state index contributed by atoms with van der Waals surface area (Å²) in [6.07, 6.45) is 3.40. The fraction of sp³-hybridized carbons (Fsp3) is 0.429. The number of carbonyl (C=O) groups is 1. The van der Waals surface area contributed by atoms with E-state index in [-0.39, 0.29) is 5.91 Å². The van der Waals surface area contributed by atoms with Crippen LogP contribution in [0.25, 0.3) is 5.69 Å². The molecule has 21 heavy (non-hydrogen) atoms. The molecule has 1 atom stereocenters. The number of carbonyl (C=O) groups excluding carboxylic acids is 1. The maximum atomic E-state index is 12.5. The Morgan fingerprint density at radius 1 is 1.48 bits per heavy atom. The highest BCUT2D eigenvalue weighted by Gasteiger charge is 2.35. The van der Waals surface area contributed by atoms with Gasteiger partial charge in [0.15, 0.2) is 0 Å². The molecule has 2 heterocycles. The highest BCUT2D eigenvalue weighted by atomic mass is 16.2. The van der Waals surface area contributed by atoms with Crippen molar-refractivity contribution < 1.29 is 4.79 Å². The number of amides is 1. The maximum absolute atomic E-state index is 12.5. The molecule has 1 amide bonds. The van der Waals surface area contributed by atoms with E-state index in [0.29, 0.717) is 0 Å². The van der Waals surface area contributed by atoms with Crippen LogP contribution in [0.15, 0.2) is 24.5 Å². The number of nitrogens with one attached hydrogen (secondary N) is 2. The molecular formula is C14H18N6O. The molecule has 1 aromatic heterocycles. The molecule has 110 valence electrons. The zero-order chi connectivity index (χ0) is 14.9. The Bertz CT molecular complexity index is 645. The van der Waals surface area contributed by atoms with Gasteiger partial charge in [0.2, 0.25) is 5.91 Å². The second kappa shape index (κ2) is 5.25. The van der Waals surface area contributed by atoms with Crippen LogP contribution >= 0.6 is 0 Å². The number of hydrogen-bond acceptors (Lipinski definition) is 5. The standard InChI is InChI=1S/C14H18N6O/c1-10-4-5-11(20-9-16-18-19-20)8-12(10)17-13(21)14(2)6-3-7-15-14/h4-5,8-9,15H,3,6-7H2,1-2H3,(H,17,21). The summed E-state index contributed by atoms with van der Waals surface area (Å²) in [6, 6.07) is 5.73. The van der Waals surface area contributed by atoms with E-state index in [4.69, 9.17) is 0 Å². The third-order valence-corrected chi connectivity index (χ3v) is 3.95. The van der Waals surface area contributed by atoms with E-state index in [0.717, 1.165) is 36.3 Å². The molecule has 7 heteroatoms. The molecule has 1 aliphatic heterocycles. The van der Waals surface area contributed by atoms with Crippen LogP contribution in [-0.2, 0) is 4.79 Å². The third-order valence-electron chi connectivity index (χ3n) is 3.95. The lowest BCUT2D eigenvalue weighted by atomic mass is 9.99. The molecule has 1 unspecified atom stereocenters. The van der Waals surface area contributed by atoms with Gasteiger partial charge >= 0.3 is 0 Å². The number of tetrazole rings is 1. The summed E-state index contributed by atoms with van der Waals surface area (Å²) >= 11 is 0. The van der Waals surface area contributed by atoms with Crippen molar-refractivity contribution in [1.29, 1.82) is 0 Å². The summed E-state index contributed by atoms with van der Waals surface area (Å²) in [5.74, 6) is -0.00281. The minimum atomic E-state index is -0.489. The minimum absolute atomic E-state index is 0.00281. The lowest BCUT2D eigenvalue weighted by Crippen LogP contribution is -2.48. The second-order valence-electron chi connectivity index (χ2n) is 5.57. The highest BCUT2D eigenvalue weighted by Crippen LogP contribution is 2.24. The van der Waals surface area contributed by atoms with E-state index >= 15 is 0 Å². The average Bonchev–Trinajstić information content (AvgIpc) is 3.13. The van der Waals surface area contributed by atoms with Crippen molar-refractivity contribution in [3.8, 4) is 5.69 Å². The van der Waals surface area contributed by atoms with Crippen molar-refractivity contribution in [3.05, 3.63) is 30.1 Å². The first-order valence-corrected chi connectivity index (χ1v) is 6.99. The first kappa shape index (κ1) is 13.7. The number of rotatable bonds is 3. The fourth-order valence-corrected chi connectivity index (χ4v) is 2.52. The Labute approximate surface area is 122 Å². The Balaban J connectivity index is 1.85. The van der Waals surface area contributed by atoms with Gasteiger partial charge in [-0.2, -0.15) is 0 Å². The van der Waals surface area contributed by atoms with E-state index in [1.54, 1.807) is 4.68 Å². The van der Waals surface area contributed by atoms with E-state index < -0.39 is 5.54 Å². The van der Waals surface area contributed by atoms with Crippen molar-refractivity contribution in [1.82, 2.24) is 25.5 Å². The molecule has 0 saturated carbocycles. The van der Waals surface area contributed by atoms with Crippen LogP contribution in [-0.4, -0.2) is 38.2 Å². The van der Waals surface area contributed by atoms with E-state index in [1.165, 1.54) is 6.33 Å². The summed E-state index contributed by atoms with van der Waals surface area (Å²) in [6.45, 7) is 4.78. The van der Waals surface area contributed by atoms with Crippen LogP contribution in [0.4, 0.5) is 5.69 Å². The van der Waals surface area contributed by atoms with Gasteiger partial charge in [-0.15, -0.1) is 5.10 Å². The van der Waals surface area contributed by atoms with Crippen LogP contribution in [0.5, 0.6) is 0 Å². The summed E-state index contributed by atoms with van der Waals surface area (Å²) in [5, 5.41) is 17.4. The van der Waals surface area contributed by atoms with Crippen LogP contribution in [0.2, 0.25) is 0 Å². The highest BCUT2D eigenvalue weighted by molar-refractivity contribution is 5.98. The molecule has 1 fully saturated rings. The van der Waals surface area contributed by atoms with Gasteiger partial charge in [-0.3, -0.25) is 4.79 Å². The number of hydrogen-bond donors (Lipinski definition) is 2. The zero-order valence-corrected chi connectivity index (χ0v) is 12.1. The molecule has 2 aromatic rings. The van der Waals surface area contributed by atoms with Crippen LogP contribution < -0.4 is 10.6 Å². The molecular weight excluding hydrogens is 268 g/mol. The zero-order valence-electron chi connectivity index (χ0n) is 12.1. The van der Waals surface area contributed by atoms with Crippen molar-refractivity contribution in [2.75, 3.05) is 11.9 Å². The van der Waals surface area contributed by atoms with Gasteiger partial charge in [-0.05, 0) is 61.4 Å². The predicted molar refractivity (Wildman–Crippen MR) is 78.2 cm³/mol. The normalized spacial score (nSPS) is 21.4. The molecule has 0 spiro atoms. The number of aryl methyl sites for hydroxylation is 1. The van der Waals surface area contributed by atoms with Crippen molar-refractivity contribution in [3.63, 3.8) is 0 Å². The molecule has 0 bridgehead atoms. The smallest absolute Gasteiger partial charge is 0.244 e. The molecule has 3 rings (SSSR count).